The second-order valence-corrected chi connectivity index (χ2v) is 3.56. The molecule has 14 heavy (non-hydrogen) atoms. The summed E-state index contributed by atoms with van der Waals surface area (Å²) in [5.74, 6) is 0.601. The number of rotatable bonds is 5. The quantitative estimate of drug-likeness (QED) is 0.458. The molecule has 1 aromatic rings. The molecule has 0 aromatic heterocycles. The molecule has 0 saturated heterocycles. The van der Waals surface area contributed by atoms with Crippen LogP contribution in [0.25, 0.3) is 0 Å². The fourth-order valence-corrected chi connectivity index (χ4v) is 1.51. The topological polar surface area (TPSA) is 26.3 Å². The summed E-state index contributed by atoms with van der Waals surface area (Å²) in [5, 5.41) is 0. The molecule has 0 atom stereocenters. The number of para-hydroxylation sites is 1. The molecule has 0 radical (unpaired) electrons. The Morgan fingerprint density at radius 2 is 2.29 bits per heavy atom. The number of halogens is 1. The summed E-state index contributed by atoms with van der Waals surface area (Å²) in [4.78, 5) is 10.7. The van der Waals surface area contributed by atoms with Gasteiger partial charge in [0.25, 0.3) is 0 Å². The number of hydrogen-bond acceptors (Lipinski definition) is 2. The van der Waals surface area contributed by atoms with Crippen molar-refractivity contribution in [2.45, 2.75) is 6.42 Å². The molecule has 0 aliphatic carbocycles. The zero-order valence-corrected chi connectivity index (χ0v) is 9.29. The monoisotopic (exact) mass is 254 g/mol. The van der Waals surface area contributed by atoms with Gasteiger partial charge in [-0.1, -0.05) is 12.1 Å². The predicted octanol–water partition coefficient (Wildman–Crippen LogP) is 3.22. The van der Waals surface area contributed by atoms with Gasteiger partial charge in [-0.2, -0.15) is 0 Å². The van der Waals surface area contributed by atoms with E-state index in [4.69, 9.17) is 4.74 Å². The highest BCUT2D eigenvalue weighted by molar-refractivity contribution is 9.10. The third-order valence-corrected chi connectivity index (χ3v) is 2.32. The molecule has 0 unspecified atom stereocenters. The van der Waals surface area contributed by atoms with Crippen LogP contribution >= 0.6 is 15.9 Å². The largest absolute Gasteiger partial charge is 0.491 e. The molecule has 2 nitrogen and oxygen atoms in total. The van der Waals surface area contributed by atoms with E-state index in [1.54, 1.807) is 18.2 Å². The second-order valence-electron chi connectivity index (χ2n) is 2.70. The summed E-state index contributed by atoms with van der Waals surface area (Å²) in [6, 6.07) is 5.37. The number of hydrogen-bond donors (Lipinski definition) is 0. The fourth-order valence-electron chi connectivity index (χ4n) is 1.01. The first-order valence-corrected chi connectivity index (χ1v) is 5.06. The number of carbonyl (C=O) groups is 1. The highest BCUT2D eigenvalue weighted by atomic mass is 79.9. The van der Waals surface area contributed by atoms with Gasteiger partial charge in [0.2, 0.25) is 0 Å². The minimum atomic E-state index is 0.535. The normalized spacial score (nSPS) is 9.50. The molecule has 0 aliphatic rings. The van der Waals surface area contributed by atoms with Crippen LogP contribution in [-0.4, -0.2) is 12.9 Å². The van der Waals surface area contributed by atoms with Crippen LogP contribution in [0, 0.1) is 0 Å². The molecule has 3 heteroatoms. The molecule has 0 fully saturated rings. The number of aldehydes is 1. The van der Waals surface area contributed by atoms with Crippen LogP contribution < -0.4 is 4.74 Å². The minimum Gasteiger partial charge on any atom is -0.491 e. The maximum atomic E-state index is 10.7. The zero-order valence-electron chi connectivity index (χ0n) is 7.70. The molecule has 0 amide bonds. The van der Waals surface area contributed by atoms with Gasteiger partial charge >= 0.3 is 0 Å². The van der Waals surface area contributed by atoms with Gasteiger partial charge in [0.05, 0.1) is 16.6 Å². The van der Waals surface area contributed by atoms with Crippen molar-refractivity contribution in [3.8, 4) is 5.75 Å². The molecular weight excluding hydrogens is 244 g/mol. The summed E-state index contributed by atoms with van der Waals surface area (Å²) in [5.41, 5.74) is 0.559. The predicted molar refractivity (Wildman–Crippen MR) is 59.8 cm³/mol. The first kappa shape index (κ1) is 11.0. The molecule has 0 saturated carbocycles. The molecule has 0 N–H and O–H groups in total. The van der Waals surface area contributed by atoms with Gasteiger partial charge in [-0.05, 0) is 34.5 Å². The van der Waals surface area contributed by atoms with Gasteiger partial charge in [0.1, 0.15) is 5.75 Å². The maximum Gasteiger partial charge on any atom is 0.153 e. The van der Waals surface area contributed by atoms with E-state index in [-0.39, 0.29) is 0 Å². The van der Waals surface area contributed by atoms with Crippen molar-refractivity contribution < 1.29 is 9.53 Å². The average Bonchev–Trinajstić information content (AvgIpc) is 2.20. The van der Waals surface area contributed by atoms with E-state index >= 15 is 0 Å². The van der Waals surface area contributed by atoms with Crippen LogP contribution in [0.1, 0.15) is 16.8 Å². The van der Waals surface area contributed by atoms with Gasteiger partial charge in [-0.25, -0.2) is 0 Å². The summed E-state index contributed by atoms with van der Waals surface area (Å²) < 4.78 is 6.25. The fraction of sp³-hybridized carbons (Fsp3) is 0.182. The Bertz CT molecular complexity index is 334. The SMILES string of the molecule is C=CCCOc1c(Br)cccc1C=O. The van der Waals surface area contributed by atoms with Crippen LogP contribution in [0.2, 0.25) is 0 Å². The Morgan fingerprint density at radius 1 is 1.50 bits per heavy atom. The molecule has 0 spiro atoms. The first-order chi connectivity index (χ1) is 6.79. The van der Waals surface area contributed by atoms with Crippen molar-refractivity contribution in [3.63, 3.8) is 0 Å². The van der Waals surface area contributed by atoms with Gasteiger partial charge in [0, 0.05) is 0 Å². The number of benzene rings is 1. The van der Waals surface area contributed by atoms with E-state index in [1.165, 1.54) is 0 Å². The Kier molecular flexibility index (Phi) is 4.40. The summed E-state index contributed by atoms with van der Waals surface area (Å²) in [7, 11) is 0. The Labute approximate surface area is 91.7 Å². The Balaban J connectivity index is 2.81. The van der Waals surface area contributed by atoms with Crippen molar-refractivity contribution in [2.75, 3.05) is 6.61 Å². The lowest BCUT2D eigenvalue weighted by atomic mass is 10.2. The summed E-state index contributed by atoms with van der Waals surface area (Å²) >= 11 is 3.33. The molecule has 74 valence electrons. The van der Waals surface area contributed by atoms with E-state index in [9.17, 15) is 4.79 Å². The third-order valence-electron chi connectivity index (χ3n) is 1.69. The summed E-state index contributed by atoms with van der Waals surface area (Å²) in [6.07, 6.45) is 3.32. The average molecular weight is 255 g/mol. The van der Waals surface area contributed by atoms with E-state index < -0.39 is 0 Å². The standard InChI is InChI=1S/C11H11BrO2/c1-2-3-7-14-11-9(8-13)5-4-6-10(11)12/h2,4-6,8H,1,3,7H2. The molecule has 1 rings (SSSR count). The van der Waals surface area contributed by atoms with Crippen molar-refractivity contribution in [1.82, 2.24) is 0 Å². The summed E-state index contributed by atoms with van der Waals surface area (Å²) in [6.45, 7) is 4.13. The second kappa shape index (κ2) is 5.60. The lowest BCUT2D eigenvalue weighted by Gasteiger charge is -2.08. The Morgan fingerprint density at radius 3 is 2.93 bits per heavy atom. The van der Waals surface area contributed by atoms with Crippen LogP contribution in [0.15, 0.2) is 35.3 Å². The van der Waals surface area contributed by atoms with Gasteiger partial charge < -0.3 is 4.74 Å². The minimum absolute atomic E-state index is 0.535. The van der Waals surface area contributed by atoms with Crippen molar-refractivity contribution in [2.24, 2.45) is 0 Å². The third kappa shape index (κ3) is 2.70. The van der Waals surface area contributed by atoms with Gasteiger partial charge in [0.15, 0.2) is 6.29 Å². The highest BCUT2D eigenvalue weighted by Gasteiger charge is 2.06. The molecule has 0 heterocycles. The molecule has 1 aromatic carbocycles. The van der Waals surface area contributed by atoms with E-state index in [1.807, 2.05) is 6.07 Å². The van der Waals surface area contributed by atoms with Crippen molar-refractivity contribution in [1.29, 1.82) is 0 Å². The highest BCUT2D eigenvalue weighted by Crippen LogP contribution is 2.27. The Hall–Kier alpha value is -1.09. The smallest absolute Gasteiger partial charge is 0.153 e. The van der Waals surface area contributed by atoms with Crippen molar-refractivity contribution >= 4 is 22.2 Å². The van der Waals surface area contributed by atoms with E-state index in [0.29, 0.717) is 17.9 Å². The van der Waals surface area contributed by atoms with E-state index in [2.05, 4.69) is 22.5 Å². The van der Waals surface area contributed by atoms with Crippen molar-refractivity contribution in [3.05, 3.63) is 40.9 Å². The molecular formula is C11H11BrO2. The van der Waals surface area contributed by atoms with Crippen LogP contribution in [-0.2, 0) is 0 Å². The van der Waals surface area contributed by atoms with Crippen LogP contribution in [0.4, 0.5) is 0 Å². The number of ether oxygens (including phenoxy) is 1. The van der Waals surface area contributed by atoms with Gasteiger partial charge in [-0.15, -0.1) is 6.58 Å². The first-order valence-electron chi connectivity index (χ1n) is 4.27. The van der Waals surface area contributed by atoms with Crippen LogP contribution in [0.3, 0.4) is 0 Å². The lowest BCUT2D eigenvalue weighted by molar-refractivity contribution is 0.111. The zero-order chi connectivity index (χ0) is 10.4. The molecule has 0 bridgehead atoms. The maximum absolute atomic E-state index is 10.7. The van der Waals surface area contributed by atoms with Gasteiger partial charge in [-0.3, -0.25) is 4.79 Å². The molecule has 0 aliphatic heterocycles. The number of carbonyl (C=O) groups excluding carboxylic acids is 1. The lowest BCUT2D eigenvalue weighted by Crippen LogP contribution is -1.99. The van der Waals surface area contributed by atoms with E-state index in [0.717, 1.165) is 17.2 Å². The van der Waals surface area contributed by atoms with Crippen LogP contribution in [0.5, 0.6) is 5.75 Å².